The average Bonchev–Trinajstić information content (AvgIpc) is 2.51. The summed E-state index contributed by atoms with van der Waals surface area (Å²) < 4.78 is 0. The van der Waals surface area contributed by atoms with E-state index < -0.39 is 0 Å². The third-order valence-corrected chi connectivity index (χ3v) is 4.29. The fraction of sp³-hybridized carbons (Fsp3) is 0.353. The first-order valence-electron chi connectivity index (χ1n) is 7.28. The van der Waals surface area contributed by atoms with Gasteiger partial charge in [-0.1, -0.05) is 41.9 Å². The number of aliphatic hydroxyl groups is 1. The van der Waals surface area contributed by atoms with Crippen LogP contribution in [-0.2, 0) is 6.54 Å². The van der Waals surface area contributed by atoms with Crippen molar-refractivity contribution in [1.29, 1.82) is 0 Å². The van der Waals surface area contributed by atoms with Crippen molar-refractivity contribution in [2.24, 2.45) is 0 Å². The minimum atomic E-state index is -0.326. The van der Waals surface area contributed by atoms with Crippen molar-refractivity contribution in [3.8, 4) is 0 Å². The topological polar surface area (TPSA) is 36.4 Å². The van der Waals surface area contributed by atoms with Crippen LogP contribution in [0.4, 0.5) is 0 Å². The van der Waals surface area contributed by atoms with Gasteiger partial charge in [0.15, 0.2) is 0 Å². The Morgan fingerprint density at radius 3 is 2.67 bits per heavy atom. The van der Waals surface area contributed by atoms with E-state index in [1.54, 1.807) is 6.20 Å². The zero-order valence-electron chi connectivity index (χ0n) is 11.8. The van der Waals surface area contributed by atoms with Gasteiger partial charge in [-0.2, -0.15) is 0 Å². The van der Waals surface area contributed by atoms with E-state index in [0.29, 0.717) is 11.6 Å². The van der Waals surface area contributed by atoms with Crippen molar-refractivity contribution in [3.63, 3.8) is 0 Å². The Morgan fingerprint density at radius 1 is 1.19 bits per heavy atom. The van der Waals surface area contributed by atoms with Gasteiger partial charge in [0.05, 0.1) is 16.8 Å². The maximum atomic E-state index is 10.4. The van der Waals surface area contributed by atoms with E-state index in [2.05, 4.69) is 22.0 Å². The second kappa shape index (κ2) is 6.56. The standard InChI is InChI=1S/C17H19ClN2O/c18-14-6-7-15(19-10-14)11-20-9-8-16(17(21)12-20)13-4-2-1-3-5-13/h1-7,10,16-17,21H,8-9,11-12H2/t16-,17-/m1/s1. The van der Waals surface area contributed by atoms with Crippen molar-refractivity contribution in [2.45, 2.75) is 25.0 Å². The molecule has 0 radical (unpaired) electrons. The zero-order valence-corrected chi connectivity index (χ0v) is 12.6. The van der Waals surface area contributed by atoms with Crippen LogP contribution in [0.2, 0.25) is 5.02 Å². The van der Waals surface area contributed by atoms with Gasteiger partial charge < -0.3 is 5.11 Å². The summed E-state index contributed by atoms with van der Waals surface area (Å²) in [7, 11) is 0. The van der Waals surface area contributed by atoms with Crippen LogP contribution in [0.5, 0.6) is 0 Å². The molecule has 2 aromatic rings. The third kappa shape index (κ3) is 3.62. The predicted octanol–water partition coefficient (Wildman–Crippen LogP) is 3.09. The third-order valence-electron chi connectivity index (χ3n) is 4.07. The minimum absolute atomic E-state index is 0.237. The van der Waals surface area contributed by atoms with Gasteiger partial charge in [-0.05, 0) is 30.7 Å². The Kier molecular flexibility index (Phi) is 4.54. The summed E-state index contributed by atoms with van der Waals surface area (Å²) >= 11 is 5.85. The summed E-state index contributed by atoms with van der Waals surface area (Å²) in [6.07, 6.45) is 2.32. The summed E-state index contributed by atoms with van der Waals surface area (Å²) in [4.78, 5) is 6.57. The molecule has 0 saturated carbocycles. The van der Waals surface area contributed by atoms with E-state index in [-0.39, 0.29) is 12.0 Å². The maximum absolute atomic E-state index is 10.4. The van der Waals surface area contributed by atoms with Gasteiger partial charge in [0, 0.05) is 25.2 Å². The average molecular weight is 303 g/mol. The van der Waals surface area contributed by atoms with Crippen molar-refractivity contribution in [1.82, 2.24) is 9.88 Å². The summed E-state index contributed by atoms with van der Waals surface area (Å²) in [5.74, 6) is 0.237. The summed E-state index contributed by atoms with van der Waals surface area (Å²) in [6, 6.07) is 14.1. The molecule has 0 amide bonds. The molecule has 3 nitrogen and oxygen atoms in total. The van der Waals surface area contributed by atoms with Crippen LogP contribution in [0.25, 0.3) is 0 Å². The number of halogens is 1. The lowest BCUT2D eigenvalue weighted by Crippen LogP contribution is -2.42. The number of likely N-dealkylation sites (tertiary alicyclic amines) is 1. The van der Waals surface area contributed by atoms with Gasteiger partial charge in [0.2, 0.25) is 0 Å². The number of hydrogen-bond acceptors (Lipinski definition) is 3. The van der Waals surface area contributed by atoms with Crippen molar-refractivity contribution < 1.29 is 5.11 Å². The molecule has 110 valence electrons. The molecular weight excluding hydrogens is 284 g/mol. The maximum Gasteiger partial charge on any atom is 0.0736 e. The van der Waals surface area contributed by atoms with Crippen LogP contribution in [0.3, 0.4) is 0 Å². The number of aliphatic hydroxyl groups excluding tert-OH is 1. The SMILES string of the molecule is O[C@@H]1CN(Cc2ccc(Cl)cn2)CC[C@@H]1c1ccccc1. The van der Waals surface area contributed by atoms with Crippen LogP contribution >= 0.6 is 11.6 Å². The molecule has 0 spiro atoms. The van der Waals surface area contributed by atoms with Crippen LogP contribution in [0.15, 0.2) is 48.7 Å². The number of nitrogens with zero attached hydrogens (tertiary/aromatic N) is 2. The highest BCUT2D eigenvalue weighted by Gasteiger charge is 2.28. The van der Waals surface area contributed by atoms with Gasteiger partial charge in [-0.3, -0.25) is 9.88 Å². The van der Waals surface area contributed by atoms with E-state index in [1.165, 1.54) is 5.56 Å². The number of hydrogen-bond donors (Lipinski definition) is 1. The fourth-order valence-corrected chi connectivity index (χ4v) is 3.07. The highest BCUT2D eigenvalue weighted by molar-refractivity contribution is 6.30. The van der Waals surface area contributed by atoms with Gasteiger partial charge in [0.25, 0.3) is 0 Å². The van der Waals surface area contributed by atoms with E-state index >= 15 is 0 Å². The van der Waals surface area contributed by atoms with Crippen molar-refractivity contribution >= 4 is 11.6 Å². The van der Waals surface area contributed by atoms with Gasteiger partial charge >= 0.3 is 0 Å². The van der Waals surface area contributed by atoms with E-state index in [4.69, 9.17) is 11.6 Å². The Balaban J connectivity index is 1.62. The first-order valence-corrected chi connectivity index (χ1v) is 7.66. The van der Waals surface area contributed by atoms with Gasteiger partial charge in [-0.25, -0.2) is 0 Å². The molecule has 2 atom stereocenters. The molecule has 1 aromatic carbocycles. The fourth-order valence-electron chi connectivity index (χ4n) is 2.96. The molecule has 1 fully saturated rings. The highest BCUT2D eigenvalue weighted by Crippen LogP contribution is 2.28. The minimum Gasteiger partial charge on any atom is -0.391 e. The molecule has 1 aliphatic rings. The molecule has 1 aliphatic heterocycles. The quantitative estimate of drug-likeness (QED) is 0.946. The van der Waals surface area contributed by atoms with Crippen LogP contribution in [0, 0.1) is 0 Å². The first-order chi connectivity index (χ1) is 10.2. The lowest BCUT2D eigenvalue weighted by Gasteiger charge is -2.36. The van der Waals surface area contributed by atoms with Crippen LogP contribution in [-0.4, -0.2) is 34.2 Å². The monoisotopic (exact) mass is 302 g/mol. The summed E-state index contributed by atoms with van der Waals surface area (Å²) in [5, 5.41) is 11.1. The molecule has 1 aromatic heterocycles. The lowest BCUT2D eigenvalue weighted by atomic mass is 9.87. The molecule has 1 saturated heterocycles. The number of pyridine rings is 1. The molecule has 0 bridgehead atoms. The molecule has 2 heterocycles. The molecule has 3 rings (SSSR count). The second-order valence-corrected chi connectivity index (χ2v) is 6.01. The zero-order chi connectivity index (χ0) is 14.7. The number of benzene rings is 1. The summed E-state index contributed by atoms with van der Waals surface area (Å²) in [5.41, 5.74) is 2.22. The highest BCUT2D eigenvalue weighted by atomic mass is 35.5. The Morgan fingerprint density at radius 2 is 2.00 bits per heavy atom. The molecular formula is C17H19ClN2O. The van der Waals surface area contributed by atoms with Crippen molar-refractivity contribution in [3.05, 3.63) is 64.9 Å². The van der Waals surface area contributed by atoms with Crippen molar-refractivity contribution in [2.75, 3.05) is 13.1 Å². The Bertz CT molecular complexity index is 573. The van der Waals surface area contributed by atoms with Gasteiger partial charge in [0.1, 0.15) is 0 Å². The smallest absolute Gasteiger partial charge is 0.0736 e. The first kappa shape index (κ1) is 14.5. The number of aromatic nitrogens is 1. The summed E-state index contributed by atoms with van der Waals surface area (Å²) in [6.45, 7) is 2.42. The van der Waals surface area contributed by atoms with Gasteiger partial charge in [-0.15, -0.1) is 0 Å². The van der Waals surface area contributed by atoms with E-state index in [1.807, 2.05) is 30.3 Å². The molecule has 21 heavy (non-hydrogen) atoms. The number of rotatable bonds is 3. The largest absolute Gasteiger partial charge is 0.391 e. The Hall–Kier alpha value is -1.42. The number of piperidine rings is 1. The molecule has 0 unspecified atom stereocenters. The molecule has 4 heteroatoms. The van der Waals surface area contributed by atoms with Crippen LogP contribution in [0.1, 0.15) is 23.6 Å². The molecule has 0 aliphatic carbocycles. The predicted molar refractivity (Wildman–Crippen MR) is 84.3 cm³/mol. The van der Waals surface area contributed by atoms with Crippen LogP contribution < -0.4 is 0 Å². The molecule has 1 N–H and O–H groups in total. The van der Waals surface area contributed by atoms with E-state index in [9.17, 15) is 5.11 Å². The lowest BCUT2D eigenvalue weighted by molar-refractivity contribution is 0.0471. The number of β-amino-alcohol motifs (C(OH)–C–C–N with tert-alkyl or cyclic N) is 1. The Labute approximate surface area is 130 Å². The van der Waals surface area contributed by atoms with E-state index in [0.717, 1.165) is 25.2 Å². The second-order valence-electron chi connectivity index (χ2n) is 5.58. The normalized spacial score (nSPS) is 23.1.